The molecule has 0 atom stereocenters. The number of fused-ring (bicyclic) bond motifs is 3. The van der Waals surface area contributed by atoms with E-state index >= 15 is 0 Å². The van der Waals surface area contributed by atoms with Gasteiger partial charge in [-0.05, 0) is 83.9 Å². The van der Waals surface area contributed by atoms with Crippen LogP contribution in [0, 0.1) is 68.0 Å². The van der Waals surface area contributed by atoms with Crippen molar-refractivity contribution < 1.29 is 0 Å². The Morgan fingerprint density at radius 3 is 1.30 bits per heavy atom. The molecular formula is C57H28N10. The van der Waals surface area contributed by atoms with E-state index in [-0.39, 0.29) is 11.1 Å². The molecule has 2 heterocycles. The first-order valence-electron chi connectivity index (χ1n) is 20.9. The van der Waals surface area contributed by atoms with Gasteiger partial charge in [-0.15, -0.1) is 0 Å². The second kappa shape index (κ2) is 17.0. The number of nitrogens with zero attached hydrogens (tertiary/aromatic N) is 10. The molecular weight excluding hydrogens is 825 g/mol. The maximum Gasteiger partial charge on any atom is 0.164 e. The maximum absolute atomic E-state index is 10.8. The predicted molar refractivity (Wildman–Crippen MR) is 255 cm³/mol. The van der Waals surface area contributed by atoms with Crippen molar-refractivity contribution in [3.63, 3.8) is 0 Å². The first-order chi connectivity index (χ1) is 32.9. The van der Waals surface area contributed by atoms with Gasteiger partial charge in [0.15, 0.2) is 17.5 Å². The van der Waals surface area contributed by atoms with Crippen molar-refractivity contribution in [1.82, 2.24) is 19.5 Å². The zero-order chi connectivity index (χ0) is 46.0. The minimum atomic E-state index is 0.239. The van der Waals surface area contributed by atoms with Crippen LogP contribution in [-0.4, -0.2) is 19.5 Å². The van der Waals surface area contributed by atoms with Gasteiger partial charge in [-0.25, -0.2) is 15.0 Å². The van der Waals surface area contributed by atoms with Gasteiger partial charge in [-0.2, -0.15) is 31.6 Å². The molecule has 10 heteroatoms. The lowest BCUT2D eigenvalue weighted by molar-refractivity contribution is 1.07. The minimum absolute atomic E-state index is 0.239. The first-order valence-corrected chi connectivity index (χ1v) is 20.9. The van der Waals surface area contributed by atoms with Gasteiger partial charge in [0.05, 0.1) is 86.5 Å². The van der Waals surface area contributed by atoms with E-state index in [1.807, 2.05) is 115 Å². The lowest BCUT2D eigenvalue weighted by Gasteiger charge is -2.22. The van der Waals surface area contributed by atoms with Crippen molar-refractivity contribution in [2.75, 3.05) is 0 Å². The normalized spacial score (nSPS) is 10.6. The van der Waals surface area contributed by atoms with Crippen LogP contribution in [0.25, 0.3) is 95.0 Å². The fourth-order valence-electron chi connectivity index (χ4n) is 8.55. The van der Waals surface area contributed by atoms with Crippen LogP contribution in [0.1, 0.15) is 33.4 Å². The van der Waals surface area contributed by atoms with Crippen LogP contribution in [0.15, 0.2) is 170 Å². The number of hydrogen-bond donors (Lipinski definition) is 0. The van der Waals surface area contributed by atoms with Gasteiger partial charge in [-0.1, -0.05) is 97.1 Å². The van der Waals surface area contributed by atoms with Gasteiger partial charge in [-0.3, -0.25) is 0 Å². The number of rotatable bonds is 7. The summed E-state index contributed by atoms with van der Waals surface area (Å²) in [5.41, 5.74) is 9.70. The fraction of sp³-hybridized carbons (Fsp3) is 0. The third kappa shape index (κ3) is 7.30. The van der Waals surface area contributed by atoms with E-state index in [1.165, 1.54) is 0 Å². The van der Waals surface area contributed by atoms with Gasteiger partial charge in [0.2, 0.25) is 0 Å². The number of benzene rings is 8. The van der Waals surface area contributed by atoms with Gasteiger partial charge in [0.25, 0.3) is 0 Å². The number of nitriles is 6. The molecule has 0 aliphatic carbocycles. The number of para-hydroxylation sites is 1. The Morgan fingerprint density at radius 2 is 0.791 bits per heavy atom. The van der Waals surface area contributed by atoms with Gasteiger partial charge in [0.1, 0.15) is 0 Å². The van der Waals surface area contributed by atoms with Crippen LogP contribution in [0.2, 0.25) is 0 Å². The highest BCUT2D eigenvalue weighted by Crippen LogP contribution is 2.46. The van der Waals surface area contributed by atoms with Crippen LogP contribution in [0.4, 0.5) is 0 Å². The van der Waals surface area contributed by atoms with E-state index in [2.05, 4.69) is 41.0 Å². The van der Waals surface area contributed by atoms with E-state index in [9.17, 15) is 31.6 Å². The van der Waals surface area contributed by atoms with Crippen molar-refractivity contribution >= 4 is 21.8 Å². The Hall–Kier alpha value is -10.5. The molecule has 0 fully saturated rings. The molecule has 10 aromatic rings. The van der Waals surface area contributed by atoms with E-state index < -0.39 is 0 Å². The Bertz CT molecular complexity index is 3750. The number of aromatic nitrogens is 4. The monoisotopic (exact) mass is 852 g/mol. The van der Waals surface area contributed by atoms with Crippen molar-refractivity contribution in [2.24, 2.45) is 0 Å². The highest BCUT2D eigenvalue weighted by Gasteiger charge is 2.26. The topological polar surface area (TPSA) is 186 Å². The summed E-state index contributed by atoms with van der Waals surface area (Å²) < 4.78 is 2.10. The Labute approximate surface area is 384 Å². The fourth-order valence-corrected chi connectivity index (χ4v) is 8.55. The van der Waals surface area contributed by atoms with Crippen LogP contribution in [0.3, 0.4) is 0 Å². The maximum atomic E-state index is 10.8. The predicted octanol–water partition coefficient (Wildman–Crippen LogP) is 12.2. The highest BCUT2D eigenvalue weighted by molar-refractivity contribution is 6.12. The zero-order valence-electron chi connectivity index (χ0n) is 35.1. The zero-order valence-corrected chi connectivity index (χ0v) is 35.1. The van der Waals surface area contributed by atoms with Crippen molar-refractivity contribution in [3.05, 3.63) is 203 Å². The van der Waals surface area contributed by atoms with Crippen LogP contribution < -0.4 is 0 Å². The second-order valence-corrected chi connectivity index (χ2v) is 15.5. The second-order valence-electron chi connectivity index (χ2n) is 15.5. The average Bonchev–Trinajstić information content (AvgIpc) is 3.73. The molecule has 306 valence electrons. The summed E-state index contributed by atoms with van der Waals surface area (Å²) in [5, 5.41) is 62.9. The molecule has 67 heavy (non-hydrogen) atoms. The molecule has 2 aromatic heterocycles. The molecule has 8 aromatic carbocycles. The smallest absolute Gasteiger partial charge is 0.164 e. The molecule has 0 aliphatic heterocycles. The molecule has 10 nitrogen and oxygen atoms in total. The summed E-state index contributed by atoms with van der Waals surface area (Å²) in [6, 6.07) is 65.3. The van der Waals surface area contributed by atoms with Gasteiger partial charge in [0, 0.05) is 49.7 Å². The summed E-state index contributed by atoms with van der Waals surface area (Å²) in [5.74, 6) is 1.19. The molecule has 0 bridgehead atoms. The van der Waals surface area contributed by atoms with E-state index in [0.717, 1.165) is 38.5 Å². The van der Waals surface area contributed by atoms with Gasteiger partial charge < -0.3 is 4.57 Å². The number of hydrogen-bond acceptors (Lipinski definition) is 9. The lowest BCUT2D eigenvalue weighted by Crippen LogP contribution is -2.05. The molecule has 0 aliphatic rings. The Balaban J connectivity index is 1.36. The van der Waals surface area contributed by atoms with Crippen LogP contribution in [-0.2, 0) is 0 Å². The quantitative estimate of drug-likeness (QED) is 0.150. The summed E-state index contributed by atoms with van der Waals surface area (Å²) in [4.78, 5) is 15.1. The molecule has 0 spiro atoms. The van der Waals surface area contributed by atoms with E-state index in [1.54, 1.807) is 54.6 Å². The summed E-state index contributed by atoms with van der Waals surface area (Å²) in [7, 11) is 0. The molecule has 0 amide bonds. The third-order valence-electron chi connectivity index (χ3n) is 11.6. The largest absolute Gasteiger partial charge is 0.308 e. The lowest BCUT2D eigenvalue weighted by atomic mass is 9.88. The van der Waals surface area contributed by atoms with Gasteiger partial charge >= 0.3 is 0 Å². The summed E-state index contributed by atoms with van der Waals surface area (Å²) in [6.45, 7) is 0. The SMILES string of the molecule is N#Cc1cc(C#N)cc(-c2ccc3c(c2)c2ccccc2n3-c2c(-c3ccc(C#N)cc3C#N)cc(-c3nc(-c4ccccc4)nc(-c4ccccc4)n3)cc2-c2ccc(C#N)cc2C#N)c1. The molecule has 0 N–H and O–H groups in total. The first kappa shape index (κ1) is 40.6. The highest BCUT2D eigenvalue weighted by atomic mass is 15.0. The summed E-state index contributed by atoms with van der Waals surface area (Å²) >= 11 is 0. The van der Waals surface area contributed by atoms with Crippen molar-refractivity contribution in [2.45, 2.75) is 0 Å². The standard InChI is InChI=1S/C57H28N10/c58-29-35-15-18-46(44(22-35)33-62)50-27-43(57-65-55(39-9-3-1-4-10-39)64-56(66-57)40-11-5-2-6-12-40)28-51(47-19-16-36(30-59)23-45(47)34-63)54(50)67-52-14-8-7-13-48(52)49-26-41(17-20-53(49)67)42-24-37(31-60)21-38(25-42)32-61/h1-28H. The van der Waals surface area contributed by atoms with Crippen molar-refractivity contribution in [3.8, 4) is 110 Å². The van der Waals surface area contributed by atoms with E-state index in [0.29, 0.717) is 78.8 Å². The van der Waals surface area contributed by atoms with Crippen LogP contribution in [0.5, 0.6) is 0 Å². The average molecular weight is 853 g/mol. The summed E-state index contributed by atoms with van der Waals surface area (Å²) in [6.07, 6.45) is 0. The molecule has 10 rings (SSSR count). The van der Waals surface area contributed by atoms with Crippen molar-refractivity contribution in [1.29, 1.82) is 31.6 Å². The molecule has 0 radical (unpaired) electrons. The van der Waals surface area contributed by atoms with E-state index in [4.69, 9.17) is 15.0 Å². The molecule has 0 unspecified atom stereocenters. The molecule has 0 saturated heterocycles. The van der Waals surface area contributed by atoms with Crippen LogP contribution >= 0.6 is 0 Å². The third-order valence-corrected chi connectivity index (χ3v) is 11.6. The minimum Gasteiger partial charge on any atom is -0.308 e. The Morgan fingerprint density at radius 1 is 0.313 bits per heavy atom. The molecule has 0 saturated carbocycles. The Kier molecular flexibility index (Phi) is 10.3.